The van der Waals surface area contributed by atoms with E-state index in [1.807, 2.05) is 0 Å². The van der Waals surface area contributed by atoms with Gasteiger partial charge in [-0.25, -0.2) is 0 Å². The second kappa shape index (κ2) is 9.33. The molecular weight excluding hydrogens is 352 g/mol. The molecular formula is C19H20N2O6. The smallest absolute Gasteiger partial charge is 0.303 e. The average molecular weight is 372 g/mol. The Morgan fingerprint density at radius 3 is 2.30 bits per heavy atom. The van der Waals surface area contributed by atoms with Crippen molar-refractivity contribution in [2.75, 3.05) is 19.5 Å². The third-order valence-corrected chi connectivity index (χ3v) is 3.96. The molecule has 1 unspecified atom stereocenters. The predicted molar refractivity (Wildman–Crippen MR) is 99.3 cm³/mol. The number of carbonyl (C=O) groups is 2. The summed E-state index contributed by atoms with van der Waals surface area (Å²) in [6.07, 6.45) is -0.0234. The Bertz CT molecular complexity index is 819. The van der Waals surface area contributed by atoms with Crippen molar-refractivity contribution in [1.82, 2.24) is 0 Å². The molecule has 0 bridgehead atoms. The fourth-order valence-corrected chi connectivity index (χ4v) is 2.51. The van der Waals surface area contributed by atoms with Gasteiger partial charge in [-0.15, -0.1) is 0 Å². The number of nitroso groups, excluding NO2 is 1. The lowest BCUT2D eigenvalue weighted by molar-refractivity contribution is -0.137. The molecule has 0 aromatic heterocycles. The summed E-state index contributed by atoms with van der Waals surface area (Å²) >= 11 is 0. The summed E-state index contributed by atoms with van der Waals surface area (Å²) < 4.78 is 10.3. The second-order valence-corrected chi connectivity index (χ2v) is 5.70. The van der Waals surface area contributed by atoms with Gasteiger partial charge in [0.2, 0.25) is 0 Å². The summed E-state index contributed by atoms with van der Waals surface area (Å²) in [5.41, 5.74) is 1.52. The second-order valence-electron chi connectivity index (χ2n) is 5.70. The summed E-state index contributed by atoms with van der Waals surface area (Å²) in [6.45, 7) is 0. The topological polar surface area (TPSA) is 114 Å². The summed E-state index contributed by atoms with van der Waals surface area (Å²) in [4.78, 5) is 34.0. The van der Waals surface area contributed by atoms with Gasteiger partial charge in [0, 0.05) is 17.7 Å². The predicted octanol–water partition coefficient (Wildman–Crippen LogP) is 3.63. The number of anilines is 1. The lowest BCUT2D eigenvalue weighted by atomic mass is 10.0. The molecule has 0 saturated carbocycles. The van der Waals surface area contributed by atoms with Crippen molar-refractivity contribution in [2.24, 2.45) is 5.18 Å². The molecule has 2 aromatic carbocycles. The molecule has 0 aliphatic heterocycles. The molecule has 8 nitrogen and oxygen atoms in total. The van der Waals surface area contributed by atoms with Gasteiger partial charge in [-0.05, 0) is 42.3 Å². The zero-order valence-electron chi connectivity index (χ0n) is 15.0. The van der Waals surface area contributed by atoms with Crippen molar-refractivity contribution in [3.8, 4) is 11.5 Å². The van der Waals surface area contributed by atoms with E-state index in [9.17, 15) is 14.5 Å². The number of carbonyl (C=O) groups excluding carboxylic acids is 1. The highest BCUT2D eigenvalue weighted by Gasteiger charge is 2.15. The van der Waals surface area contributed by atoms with Crippen LogP contribution in [0, 0.1) is 4.91 Å². The molecule has 2 rings (SSSR count). The molecule has 1 amide bonds. The number of hydrogen-bond donors (Lipinski definition) is 2. The van der Waals surface area contributed by atoms with Crippen LogP contribution in [0.15, 0.2) is 47.6 Å². The number of amides is 1. The van der Waals surface area contributed by atoms with Crippen molar-refractivity contribution in [1.29, 1.82) is 0 Å². The molecule has 2 aromatic rings. The summed E-state index contributed by atoms with van der Waals surface area (Å²) in [7, 11) is 3.00. The van der Waals surface area contributed by atoms with Gasteiger partial charge in [0.15, 0.2) is 11.5 Å². The van der Waals surface area contributed by atoms with Gasteiger partial charge in [0.05, 0.1) is 14.2 Å². The van der Waals surface area contributed by atoms with E-state index in [1.165, 1.54) is 14.2 Å². The normalized spacial score (nSPS) is 11.3. The maximum absolute atomic E-state index is 12.4. The SMILES string of the molecule is COc1ccc(C(=O)Nc2ccc(C(CCC(=O)O)N=O)cc2)cc1OC. The van der Waals surface area contributed by atoms with Crippen LogP contribution >= 0.6 is 0 Å². The van der Waals surface area contributed by atoms with Crippen LogP contribution in [0.2, 0.25) is 0 Å². The number of nitrogens with zero attached hydrogens (tertiary/aromatic N) is 1. The monoisotopic (exact) mass is 372 g/mol. The molecule has 0 heterocycles. The number of benzene rings is 2. The molecule has 1 atom stereocenters. The zero-order valence-corrected chi connectivity index (χ0v) is 15.0. The van der Waals surface area contributed by atoms with E-state index in [-0.39, 0.29) is 18.7 Å². The molecule has 0 spiro atoms. The minimum absolute atomic E-state index is 0.121. The average Bonchev–Trinajstić information content (AvgIpc) is 2.68. The van der Waals surface area contributed by atoms with E-state index in [0.717, 1.165) is 0 Å². The van der Waals surface area contributed by atoms with Gasteiger partial charge in [-0.2, -0.15) is 4.91 Å². The number of ether oxygens (including phenoxy) is 2. The quantitative estimate of drug-likeness (QED) is 0.650. The van der Waals surface area contributed by atoms with Crippen LogP contribution in [0.3, 0.4) is 0 Å². The van der Waals surface area contributed by atoms with E-state index in [0.29, 0.717) is 28.3 Å². The Morgan fingerprint density at radius 1 is 1.07 bits per heavy atom. The highest BCUT2D eigenvalue weighted by Crippen LogP contribution is 2.28. The third-order valence-electron chi connectivity index (χ3n) is 3.96. The van der Waals surface area contributed by atoms with Gasteiger partial charge < -0.3 is 19.9 Å². The molecule has 0 aliphatic carbocycles. The van der Waals surface area contributed by atoms with Crippen molar-refractivity contribution in [3.63, 3.8) is 0 Å². The molecule has 2 N–H and O–H groups in total. The van der Waals surface area contributed by atoms with E-state index in [1.54, 1.807) is 42.5 Å². The number of rotatable bonds is 9. The maximum atomic E-state index is 12.4. The first-order valence-corrected chi connectivity index (χ1v) is 8.16. The van der Waals surface area contributed by atoms with E-state index in [4.69, 9.17) is 14.6 Å². The van der Waals surface area contributed by atoms with Crippen LogP contribution in [-0.2, 0) is 4.79 Å². The van der Waals surface area contributed by atoms with E-state index >= 15 is 0 Å². The molecule has 0 aliphatic rings. The number of nitrogens with one attached hydrogen (secondary N) is 1. The van der Waals surface area contributed by atoms with Gasteiger partial charge in [0.25, 0.3) is 5.91 Å². The lowest BCUT2D eigenvalue weighted by Crippen LogP contribution is -2.12. The van der Waals surface area contributed by atoms with Gasteiger partial charge in [0.1, 0.15) is 6.04 Å². The molecule has 8 heteroatoms. The number of hydrogen-bond acceptors (Lipinski definition) is 6. The number of aliphatic carboxylic acids is 1. The van der Waals surface area contributed by atoms with Crippen LogP contribution in [0.1, 0.15) is 34.8 Å². The third kappa shape index (κ3) is 5.27. The first kappa shape index (κ1) is 19.9. The minimum Gasteiger partial charge on any atom is -0.493 e. The maximum Gasteiger partial charge on any atom is 0.303 e. The standard InChI is InChI=1S/C19H20N2O6/c1-26-16-9-5-13(11-17(16)27-2)19(24)20-14-6-3-12(4-7-14)15(21-25)8-10-18(22)23/h3-7,9,11,15H,8,10H2,1-2H3,(H,20,24)(H,22,23). The van der Waals surface area contributed by atoms with Crippen LogP contribution < -0.4 is 14.8 Å². The minimum atomic E-state index is -0.984. The van der Waals surface area contributed by atoms with Crippen LogP contribution in [-0.4, -0.2) is 31.2 Å². The van der Waals surface area contributed by atoms with Gasteiger partial charge in [-0.3, -0.25) is 9.59 Å². The molecule has 0 saturated heterocycles. The summed E-state index contributed by atoms with van der Waals surface area (Å²) in [5.74, 6) is -0.354. The first-order valence-electron chi connectivity index (χ1n) is 8.16. The van der Waals surface area contributed by atoms with Gasteiger partial charge in [-0.1, -0.05) is 17.3 Å². The largest absolute Gasteiger partial charge is 0.493 e. The van der Waals surface area contributed by atoms with Crippen LogP contribution in [0.5, 0.6) is 11.5 Å². The Labute approximate surface area is 156 Å². The Morgan fingerprint density at radius 2 is 1.74 bits per heavy atom. The Balaban J connectivity index is 2.08. The molecule has 27 heavy (non-hydrogen) atoms. The number of methoxy groups -OCH3 is 2. The fourth-order valence-electron chi connectivity index (χ4n) is 2.51. The summed E-state index contributed by atoms with van der Waals surface area (Å²) in [6, 6.07) is 10.6. The Hall–Kier alpha value is -3.42. The number of carboxylic acids is 1. The zero-order chi connectivity index (χ0) is 19.8. The van der Waals surface area contributed by atoms with Crippen molar-refractivity contribution < 1.29 is 24.2 Å². The van der Waals surface area contributed by atoms with Crippen molar-refractivity contribution >= 4 is 17.6 Å². The fraction of sp³-hybridized carbons (Fsp3) is 0.263. The summed E-state index contributed by atoms with van der Waals surface area (Å²) in [5, 5.41) is 14.4. The molecule has 0 fully saturated rings. The van der Waals surface area contributed by atoms with Crippen molar-refractivity contribution in [3.05, 3.63) is 58.5 Å². The van der Waals surface area contributed by atoms with Crippen molar-refractivity contribution in [2.45, 2.75) is 18.9 Å². The lowest BCUT2D eigenvalue weighted by Gasteiger charge is -2.11. The van der Waals surface area contributed by atoms with E-state index in [2.05, 4.69) is 10.5 Å². The Kier molecular flexibility index (Phi) is 6.87. The van der Waals surface area contributed by atoms with E-state index < -0.39 is 12.0 Å². The highest BCUT2D eigenvalue weighted by atomic mass is 16.5. The number of carboxylic acid groups (broad SMARTS) is 1. The molecule has 0 radical (unpaired) electrons. The van der Waals surface area contributed by atoms with Crippen LogP contribution in [0.4, 0.5) is 5.69 Å². The van der Waals surface area contributed by atoms with Gasteiger partial charge >= 0.3 is 5.97 Å². The highest BCUT2D eigenvalue weighted by molar-refractivity contribution is 6.04. The van der Waals surface area contributed by atoms with Crippen LogP contribution in [0.25, 0.3) is 0 Å². The molecule has 142 valence electrons. The first-order chi connectivity index (χ1) is 13.0.